The van der Waals surface area contributed by atoms with Gasteiger partial charge in [-0.25, -0.2) is 0 Å². The van der Waals surface area contributed by atoms with E-state index in [-0.39, 0.29) is 42.4 Å². The molecular formula is C16H14F3N3O5. The second-order valence-electron chi connectivity index (χ2n) is 5.82. The summed E-state index contributed by atoms with van der Waals surface area (Å²) in [5.41, 5.74) is 0.505. The molecule has 0 radical (unpaired) electrons. The van der Waals surface area contributed by atoms with Gasteiger partial charge in [0.05, 0.1) is 25.7 Å². The summed E-state index contributed by atoms with van der Waals surface area (Å²) in [6, 6.07) is 5.02. The van der Waals surface area contributed by atoms with Gasteiger partial charge in [-0.3, -0.25) is 9.59 Å². The molecule has 0 spiro atoms. The van der Waals surface area contributed by atoms with Gasteiger partial charge in [0.25, 0.3) is 5.91 Å². The number of carbonyl (C=O) groups is 2. The van der Waals surface area contributed by atoms with Crippen molar-refractivity contribution in [1.29, 1.82) is 0 Å². The summed E-state index contributed by atoms with van der Waals surface area (Å²) in [4.78, 5) is 28.3. The van der Waals surface area contributed by atoms with E-state index in [1.165, 1.54) is 29.2 Å². The quantitative estimate of drug-likeness (QED) is 0.859. The molecule has 0 saturated carbocycles. The van der Waals surface area contributed by atoms with Crippen molar-refractivity contribution in [2.75, 3.05) is 19.8 Å². The standard InChI is InChI=1S/C16H14F3N3O5/c17-16(18,19)15-20-13(21-27-15)9-1-3-10(4-2-9)14(25)22-5-6-26-8-11(22)7-12(23)24/h1-4,11H,5-8H2,(H,23,24). The number of hydrogen-bond acceptors (Lipinski definition) is 6. The van der Waals surface area contributed by atoms with Crippen molar-refractivity contribution < 1.29 is 37.1 Å². The van der Waals surface area contributed by atoms with Crippen molar-refractivity contribution in [3.8, 4) is 11.4 Å². The smallest absolute Gasteiger partial charge is 0.471 e. The van der Waals surface area contributed by atoms with E-state index in [0.29, 0.717) is 6.61 Å². The Kier molecular flexibility index (Phi) is 5.13. The first-order valence-electron chi connectivity index (χ1n) is 7.87. The molecule has 1 N–H and O–H groups in total. The van der Waals surface area contributed by atoms with Gasteiger partial charge < -0.3 is 19.3 Å². The van der Waals surface area contributed by atoms with Crippen LogP contribution in [0.15, 0.2) is 28.8 Å². The molecule has 1 saturated heterocycles. The van der Waals surface area contributed by atoms with E-state index in [9.17, 15) is 22.8 Å². The second-order valence-corrected chi connectivity index (χ2v) is 5.82. The first kappa shape index (κ1) is 18.8. The van der Waals surface area contributed by atoms with Crippen LogP contribution in [0.4, 0.5) is 13.2 Å². The lowest BCUT2D eigenvalue weighted by molar-refractivity contribution is -0.159. The Labute approximate surface area is 150 Å². The van der Waals surface area contributed by atoms with Crippen LogP contribution in [0.25, 0.3) is 11.4 Å². The molecule has 27 heavy (non-hydrogen) atoms. The molecule has 1 aromatic carbocycles. The number of morpholine rings is 1. The number of rotatable bonds is 4. The molecule has 8 nitrogen and oxygen atoms in total. The zero-order valence-electron chi connectivity index (χ0n) is 13.8. The van der Waals surface area contributed by atoms with Crippen molar-refractivity contribution in [2.24, 2.45) is 0 Å². The SMILES string of the molecule is O=C(O)CC1COCCN1C(=O)c1ccc(-c2noc(C(F)(F)F)n2)cc1. The molecule has 1 atom stereocenters. The first-order chi connectivity index (χ1) is 12.8. The molecule has 2 aromatic rings. The van der Waals surface area contributed by atoms with Gasteiger partial charge in [-0.05, 0) is 12.1 Å². The number of aliphatic carboxylic acids is 1. The van der Waals surface area contributed by atoms with Crippen molar-refractivity contribution in [3.63, 3.8) is 0 Å². The van der Waals surface area contributed by atoms with Gasteiger partial charge >= 0.3 is 18.0 Å². The highest BCUT2D eigenvalue weighted by Gasteiger charge is 2.38. The van der Waals surface area contributed by atoms with E-state index in [0.717, 1.165) is 0 Å². The Bertz CT molecular complexity index is 835. The maximum atomic E-state index is 12.7. The highest BCUT2D eigenvalue weighted by atomic mass is 19.4. The minimum absolute atomic E-state index is 0.124. The fourth-order valence-corrected chi connectivity index (χ4v) is 2.68. The van der Waals surface area contributed by atoms with E-state index in [1.807, 2.05) is 0 Å². The van der Waals surface area contributed by atoms with E-state index in [4.69, 9.17) is 9.84 Å². The van der Waals surface area contributed by atoms with Gasteiger partial charge in [0, 0.05) is 17.7 Å². The second kappa shape index (κ2) is 7.35. The highest BCUT2D eigenvalue weighted by Crippen LogP contribution is 2.29. The third-order valence-corrected chi connectivity index (χ3v) is 3.96. The number of carboxylic acids is 1. The normalized spacial score (nSPS) is 17.7. The zero-order chi connectivity index (χ0) is 19.6. The molecule has 1 aromatic heterocycles. The maximum Gasteiger partial charge on any atom is 0.471 e. The largest absolute Gasteiger partial charge is 0.481 e. The van der Waals surface area contributed by atoms with Crippen LogP contribution in [-0.4, -0.2) is 57.8 Å². The molecule has 0 aliphatic carbocycles. The minimum Gasteiger partial charge on any atom is -0.481 e. The summed E-state index contributed by atoms with van der Waals surface area (Å²) in [6.45, 7) is 0.667. The average Bonchev–Trinajstić information content (AvgIpc) is 3.12. The van der Waals surface area contributed by atoms with Crippen LogP contribution < -0.4 is 0 Å². The molecule has 1 amide bonds. The summed E-state index contributed by atoms with van der Waals surface area (Å²) < 4.78 is 47.0. The Morgan fingerprint density at radius 2 is 1.96 bits per heavy atom. The Balaban J connectivity index is 1.77. The minimum atomic E-state index is -4.74. The molecule has 2 heterocycles. The monoisotopic (exact) mass is 385 g/mol. The van der Waals surface area contributed by atoms with Gasteiger partial charge in [0.1, 0.15) is 0 Å². The fraction of sp³-hybridized carbons (Fsp3) is 0.375. The molecule has 1 fully saturated rings. The number of nitrogens with zero attached hydrogens (tertiary/aromatic N) is 3. The summed E-state index contributed by atoms with van der Waals surface area (Å²) in [6.07, 6.45) is -4.98. The summed E-state index contributed by atoms with van der Waals surface area (Å²) >= 11 is 0. The number of amides is 1. The predicted molar refractivity (Wildman–Crippen MR) is 82.6 cm³/mol. The summed E-state index contributed by atoms with van der Waals surface area (Å²) in [5.74, 6) is -3.14. The van der Waals surface area contributed by atoms with Gasteiger partial charge in [0.2, 0.25) is 5.82 Å². The molecule has 1 aliphatic heterocycles. The van der Waals surface area contributed by atoms with Gasteiger partial charge in [-0.15, -0.1) is 0 Å². The third-order valence-electron chi connectivity index (χ3n) is 3.96. The van der Waals surface area contributed by atoms with Crippen molar-refractivity contribution in [3.05, 3.63) is 35.7 Å². The number of alkyl halides is 3. The predicted octanol–water partition coefficient (Wildman–Crippen LogP) is 2.07. The number of hydrogen-bond donors (Lipinski definition) is 1. The number of aromatic nitrogens is 2. The van der Waals surface area contributed by atoms with E-state index in [1.54, 1.807) is 0 Å². The van der Waals surface area contributed by atoms with Crippen molar-refractivity contribution in [2.45, 2.75) is 18.6 Å². The Hall–Kier alpha value is -2.95. The van der Waals surface area contributed by atoms with Crippen molar-refractivity contribution >= 4 is 11.9 Å². The van der Waals surface area contributed by atoms with Crippen LogP contribution in [0.3, 0.4) is 0 Å². The lowest BCUT2D eigenvalue weighted by Gasteiger charge is -2.34. The van der Waals surface area contributed by atoms with Crippen LogP contribution in [0.1, 0.15) is 22.7 Å². The van der Waals surface area contributed by atoms with Crippen LogP contribution in [0, 0.1) is 0 Å². The van der Waals surface area contributed by atoms with Gasteiger partial charge in [-0.2, -0.15) is 18.2 Å². The van der Waals surface area contributed by atoms with E-state index in [2.05, 4.69) is 14.7 Å². The first-order valence-corrected chi connectivity index (χ1v) is 7.87. The zero-order valence-corrected chi connectivity index (χ0v) is 13.8. The van der Waals surface area contributed by atoms with E-state index < -0.39 is 24.1 Å². The summed E-state index contributed by atoms with van der Waals surface area (Å²) in [5, 5.41) is 12.2. The lowest BCUT2D eigenvalue weighted by atomic mass is 10.1. The molecule has 1 unspecified atom stereocenters. The average molecular weight is 385 g/mol. The maximum absolute atomic E-state index is 12.7. The van der Waals surface area contributed by atoms with Crippen LogP contribution in [0.5, 0.6) is 0 Å². The number of halogens is 3. The van der Waals surface area contributed by atoms with E-state index >= 15 is 0 Å². The number of ether oxygens (including phenoxy) is 1. The Morgan fingerprint density at radius 3 is 2.56 bits per heavy atom. The van der Waals surface area contributed by atoms with Crippen LogP contribution in [0.2, 0.25) is 0 Å². The topological polar surface area (TPSA) is 106 Å². The van der Waals surface area contributed by atoms with Crippen LogP contribution in [-0.2, 0) is 15.7 Å². The molecule has 1 aliphatic rings. The molecule has 11 heteroatoms. The number of carbonyl (C=O) groups excluding carboxylic acids is 1. The summed E-state index contributed by atoms with van der Waals surface area (Å²) in [7, 11) is 0. The number of carboxylic acid groups (broad SMARTS) is 1. The van der Waals surface area contributed by atoms with Gasteiger partial charge in [0.15, 0.2) is 0 Å². The molecular weight excluding hydrogens is 371 g/mol. The Morgan fingerprint density at radius 1 is 1.26 bits per heavy atom. The fourth-order valence-electron chi connectivity index (χ4n) is 2.68. The molecule has 3 rings (SSSR count). The van der Waals surface area contributed by atoms with Gasteiger partial charge in [-0.1, -0.05) is 17.3 Å². The number of benzene rings is 1. The lowest BCUT2D eigenvalue weighted by Crippen LogP contribution is -2.49. The highest BCUT2D eigenvalue weighted by molar-refractivity contribution is 5.95. The van der Waals surface area contributed by atoms with Crippen molar-refractivity contribution in [1.82, 2.24) is 15.0 Å². The molecule has 144 valence electrons. The molecule has 0 bridgehead atoms. The van der Waals surface area contributed by atoms with Crippen LogP contribution >= 0.6 is 0 Å². The third kappa shape index (κ3) is 4.25.